The number of fused-ring (bicyclic) bond motifs is 1. The van der Waals surface area contributed by atoms with Gasteiger partial charge in [0.25, 0.3) is 0 Å². The molecule has 0 fully saturated rings. The van der Waals surface area contributed by atoms with E-state index in [1.165, 1.54) is 13.1 Å². The van der Waals surface area contributed by atoms with Gasteiger partial charge < -0.3 is 0 Å². The highest BCUT2D eigenvalue weighted by molar-refractivity contribution is 5.80. The van der Waals surface area contributed by atoms with E-state index in [-0.39, 0.29) is 0 Å². The number of aryl methyl sites for hydroxylation is 1. The first kappa shape index (κ1) is 8.98. The lowest BCUT2D eigenvalue weighted by Gasteiger charge is -2.06. The van der Waals surface area contributed by atoms with Gasteiger partial charge in [0.1, 0.15) is 5.69 Å². The van der Waals surface area contributed by atoms with Crippen LogP contribution in [-0.2, 0) is 6.18 Å². The van der Waals surface area contributed by atoms with Crippen LogP contribution in [0.15, 0.2) is 12.3 Å². The quantitative estimate of drug-likeness (QED) is 0.710. The van der Waals surface area contributed by atoms with Crippen LogP contribution in [0, 0.1) is 6.92 Å². The lowest BCUT2D eigenvalue weighted by atomic mass is 10.2. The SMILES string of the molecule is Cc1nc(C(F)(F)F)cc2[nH]ncc12. The molecule has 0 aliphatic rings. The van der Waals surface area contributed by atoms with Crippen LogP contribution in [-0.4, -0.2) is 15.2 Å². The number of H-pyrrole nitrogens is 1. The molecular formula is C8H6F3N3. The summed E-state index contributed by atoms with van der Waals surface area (Å²) >= 11 is 0. The van der Waals surface area contributed by atoms with Gasteiger partial charge >= 0.3 is 6.18 Å². The van der Waals surface area contributed by atoms with Crippen molar-refractivity contribution in [3.05, 3.63) is 23.7 Å². The molecule has 2 rings (SSSR count). The van der Waals surface area contributed by atoms with Crippen LogP contribution >= 0.6 is 0 Å². The number of rotatable bonds is 0. The largest absolute Gasteiger partial charge is 0.433 e. The predicted molar refractivity (Wildman–Crippen MR) is 43.6 cm³/mol. The third kappa shape index (κ3) is 1.32. The molecule has 14 heavy (non-hydrogen) atoms. The van der Waals surface area contributed by atoms with Gasteiger partial charge in [-0.25, -0.2) is 4.98 Å². The Morgan fingerprint density at radius 3 is 2.71 bits per heavy atom. The van der Waals surface area contributed by atoms with Gasteiger partial charge in [-0.05, 0) is 13.0 Å². The second kappa shape index (κ2) is 2.70. The van der Waals surface area contributed by atoms with Crippen LogP contribution in [0.4, 0.5) is 13.2 Å². The highest BCUT2D eigenvalue weighted by Crippen LogP contribution is 2.29. The van der Waals surface area contributed by atoms with E-state index in [9.17, 15) is 13.2 Å². The third-order valence-electron chi connectivity index (χ3n) is 1.92. The summed E-state index contributed by atoms with van der Waals surface area (Å²) in [5.41, 5.74) is -0.222. The minimum absolute atomic E-state index is 0.323. The monoisotopic (exact) mass is 201 g/mol. The molecule has 6 heteroatoms. The average molecular weight is 201 g/mol. The highest BCUT2D eigenvalue weighted by atomic mass is 19.4. The van der Waals surface area contributed by atoms with Gasteiger partial charge in [-0.1, -0.05) is 0 Å². The van der Waals surface area contributed by atoms with E-state index in [4.69, 9.17) is 0 Å². The van der Waals surface area contributed by atoms with E-state index in [0.717, 1.165) is 6.07 Å². The normalized spacial score (nSPS) is 12.3. The summed E-state index contributed by atoms with van der Waals surface area (Å²) in [5.74, 6) is 0. The third-order valence-corrected chi connectivity index (χ3v) is 1.92. The van der Waals surface area contributed by atoms with E-state index in [0.29, 0.717) is 16.6 Å². The zero-order chi connectivity index (χ0) is 10.3. The highest BCUT2D eigenvalue weighted by Gasteiger charge is 2.33. The summed E-state index contributed by atoms with van der Waals surface area (Å²) in [7, 11) is 0. The Labute approximate surface area is 77.0 Å². The van der Waals surface area contributed by atoms with Crippen molar-refractivity contribution in [3.63, 3.8) is 0 Å². The van der Waals surface area contributed by atoms with Crippen LogP contribution < -0.4 is 0 Å². The van der Waals surface area contributed by atoms with Crippen LogP contribution in [0.2, 0.25) is 0 Å². The molecule has 0 aliphatic carbocycles. The van der Waals surface area contributed by atoms with Gasteiger partial charge in [0.15, 0.2) is 0 Å². The molecule has 2 heterocycles. The Morgan fingerprint density at radius 1 is 1.36 bits per heavy atom. The zero-order valence-corrected chi connectivity index (χ0v) is 7.18. The number of hydrogen-bond acceptors (Lipinski definition) is 2. The summed E-state index contributed by atoms with van der Waals surface area (Å²) in [6, 6.07) is 0.954. The average Bonchev–Trinajstić information content (AvgIpc) is 2.50. The number of aromatic amines is 1. The minimum atomic E-state index is -4.41. The molecule has 74 valence electrons. The molecule has 0 aromatic carbocycles. The fourth-order valence-corrected chi connectivity index (χ4v) is 1.25. The van der Waals surface area contributed by atoms with Gasteiger partial charge in [0, 0.05) is 11.1 Å². The Kier molecular flexibility index (Phi) is 1.73. The van der Waals surface area contributed by atoms with E-state index < -0.39 is 11.9 Å². The predicted octanol–water partition coefficient (Wildman–Crippen LogP) is 2.29. The van der Waals surface area contributed by atoms with Crippen molar-refractivity contribution >= 4 is 10.9 Å². The van der Waals surface area contributed by atoms with Crippen molar-refractivity contribution in [3.8, 4) is 0 Å². The first-order chi connectivity index (χ1) is 6.48. The topological polar surface area (TPSA) is 41.6 Å². The van der Waals surface area contributed by atoms with Crippen LogP contribution in [0.25, 0.3) is 10.9 Å². The smallest absolute Gasteiger partial charge is 0.278 e. The maximum Gasteiger partial charge on any atom is 0.433 e. The number of nitrogens with zero attached hydrogens (tertiary/aromatic N) is 2. The van der Waals surface area contributed by atoms with Crippen molar-refractivity contribution in [1.29, 1.82) is 0 Å². The summed E-state index contributed by atoms with van der Waals surface area (Å²) < 4.78 is 36.9. The summed E-state index contributed by atoms with van der Waals surface area (Å²) in [4.78, 5) is 3.46. The molecule has 0 amide bonds. The summed E-state index contributed by atoms with van der Waals surface area (Å²) in [6.07, 6.45) is -2.96. The molecule has 0 spiro atoms. The molecule has 0 bridgehead atoms. The number of nitrogens with one attached hydrogen (secondary N) is 1. The van der Waals surface area contributed by atoms with E-state index in [1.807, 2.05) is 0 Å². The molecule has 0 radical (unpaired) electrons. The summed E-state index contributed by atoms with van der Waals surface area (Å²) in [5, 5.41) is 6.75. The number of pyridine rings is 1. The minimum Gasteiger partial charge on any atom is -0.278 e. The first-order valence-electron chi connectivity index (χ1n) is 3.86. The second-order valence-corrected chi connectivity index (χ2v) is 2.92. The number of hydrogen-bond donors (Lipinski definition) is 1. The van der Waals surface area contributed by atoms with Crippen LogP contribution in [0.5, 0.6) is 0 Å². The van der Waals surface area contributed by atoms with Crippen molar-refractivity contribution in [2.24, 2.45) is 0 Å². The molecule has 0 atom stereocenters. The zero-order valence-electron chi connectivity index (χ0n) is 7.18. The second-order valence-electron chi connectivity index (χ2n) is 2.92. The van der Waals surface area contributed by atoms with E-state index in [2.05, 4.69) is 15.2 Å². The molecule has 0 saturated carbocycles. The van der Waals surface area contributed by atoms with Crippen molar-refractivity contribution in [1.82, 2.24) is 15.2 Å². The maximum absolute atomic E-state index is 12.3. The van der Waals surface area contributed by atoms with E-state index >= 15 is 0 Å². The summed E-state index contributed by atoms with van der Waals surface area (Å²) in [6.45, 7) is 1.52. The molecule has 0 saturated heterocycles. The van der Waals surface area contributed by atoms with Crippen molar-refractivity contribution in [2.45, 2.75) is 13.1 Å². The standard InChI is InChI=1S/C8H6F3N3/c1-4-5-3-12-14-6(5)2-7(13-4)8(9,10)11/h2-3H,1H3,(H,12,14). The first-order valence-corrected chi connectivity index (χ1v) is 3.86. The van der Waals surface area contributed by atoms with Gasteiger partial charge in [-0.3, -0.25) is 5.10 Å². The van der Waals surface area contributed by atoms with Gasteiger partial charge in [-0.15, -0.1) is 0 Å². The Balaban J connectivity index is 2.70. The van der Waals surface area contributed by atoms with Crippen molar-refractivity contribution < 1.29 is 13.2 Å². The van der Waals surface area contributed by atoms with Crippen LogP contribution in [0.3, 0.4) is 0 Å². The molecular weight excluding hydrogens is 195 g/mol. The lowest BCUT2D eigenvalue weighted by Crippen LogP contribution is -2.08. The maximum atomic E-state index is 12.3. The molecule has 0 aliphatic heterocycles. The lowest BCUT2D eigenvalue weighted by molar-refractivity contribution is -0.141. The van der Waals surface area contributed by atoms with Crippen molar-refractivity contribution in [2.75, 3.05) is 0 Å². The van der Waals surface area contributed by atoms with Gasteiger partial charge in [0.2, 0.25) is 0 Å². The van der Waals surface area contributed by atoms with Crippen LogP contribution in [0.1, 0.15) is 11.4 Å². The molecule has 3 nitrogen and oxygen atoms in total. The molecule has 1 N–H and O–H groups in total. The number of aromatic nitrogens is 3. The molecule has 2 aromatic rings. The number of alkyl halides is 3. The Bertz CT molecular complexity index is 472. The fourth-order valence-electron chi connectivity index (χ4n) is 1.25. The molecule has 0 unspecified atom stereocenters. The Morgan fingerprint density at radius 2 is 2.07 bits per heavy atom. The molecule has 2 aromatic heterocycles. The Hall–Kier alpha value is -1.59. The fraction of sp³-hybridized carbons (Fsp3) is 0.250. The van der Waals surface area contributed by atoms with Gasteiger partial charge in [0.05, 0.1) is 11.7 Å². The van der Waals surface area contributed by atoms with Gasteiger partial charge in [-0.2, -0.15) is 18.3 Å². The van der Waals surface area contributed by atoms with E-state index in [1.54, 1.807) is 0 Å². The number of halogens is 3.